The van der Waals surface area contributed by atoms with Crippen molar-refractivity contribution in [3.8, 4) is 11.3 Å². The number of nitrogens with zero attached hydrogens (tertiary/aromatic N) is 3. The molecule has 4 N–H and O–H groups in total. The van der Waals surface area contributed by atoms with Crippen molar-refractivity contribution in [2.75, 3.05) is 0 Å². The van der Waals surface area contributed by atoms with Crippen LogP contribution in [0.2, 0.25) is 0 Å². The molecule has 9 heteroatoms. The van der Waals surface area contributed by atoms with Crippen molar-refractivity contribution in [1.82, 2.24) is 15.0 Å². The molecule has 3 aromatic rings. The van der Waals surface area contributed by atoms with Gasteiger partial charge >= 0.3 is 0 Å². The maximum atomic E-state index is 11.3. The van der Waals surface area contributed by atoms with Gasteiger partial charge in [-0.2, -0.15) is 0 Å². The largest absolute Gasteiger partial charge is 0.390 e. The van der Waals surface area contributed by atoms with Gasteiger partial charge in [0.1, 0.15) is 11.8 Å². The topological polar surface area (TPSA) is 131 Å². The molecule has 0 saturated carbocycles. The molecule has 0 aliphatic carbocycles. The Labute approximate surface area is 156 Å². The van der Waals surface area contributed by atoms with E-state index in [1.165, 1.54) is 19.1 Å². The second-order valence-electron chi connectivity index (χ2n) is 6.30. The minimum absolute atomic E-state index is 0.0399. The van der Waals surface area contributed by atoms with Gasteiger partial charge in [-0.05, 0) is 30.2 Å². The van der Waals surface area contributed by atoms with Crippen molar-refractivity contribution in [3.63, 3.8) is 0 Å². The quantitative estimate of drug-likeness (QED) is 0.578. The van der Waals surface area contributed by atoms with Crippen LogP contribution in [0.4, 0.5) is 0 Å². The number of aliphatic hydroxyl groups excluding tert-OH is 2. The van der Waals surface area contributed by atoms with Crippen molar-refractivity contribution in [2.24, 2.45) is 5.14 Å². The normalized spacial score (nSPS) is 14.1. The highest BCUT2D eigenvalue weighted by atomic mass is 32.2. The van der Waals surface area contributed by atoms with Crippen LogP contribution in [0.25, 0.3) is 11.3 Å². The van der Waals surface area contributed by atoms with Crippen molar-refractivity contribution in [3.05, 3.63) is 65.9 Å². The summed E-state index contributed by atoms with van der Waals surface area (Å²) in [5.74, 6) is 0. The van der Waals surface area contributed by atoms with Crippen molar-refractivity contribution < 1.29 is 18.6 Å². The van der Waals surface area contributed by atoms with Gasteiger partial charge in [-0.3, -0.25) is 0 Å². The number of sulfonamides is 1. The number of hydrogen-bond donors (Lipinski definition) is 3. The van der Waals surface area contributed by atoms with Crippen molar-refractivity contribution in [2.45, 2.75) is 30.6 Å². The SMILES string of the molecule is C[C@@H](O)[C@@H](O)c1ccc(Cn2cc(-c3ccc(S(N)(=O)=O)cc3)nn2)cc1. The molecule has 0 unspecified atom stereocenters. The lowest BCUT2D eigenvalue weighted by atomic mass is 10.0. The van der Waals surface area contributed by atoms with Crippen LogP contribution in [-0.4, -0.2) is 39.7 Å². The van der Waals surface area contributed by atoms with E-state index in [1.54, 1.807) is 35.1 Å². The van der Waals surface area contributed by atoms with Crippen LogP contribution in [0.3, 0.4) is 0 Å². The monoisotopic (exact) mass is 388 g/mol. The van der Waals surface area contributed by atoms with Gasteiger partial charge in [0.05, 0.1) is 23.7 Å². The van der Waals surface area contributed by atoms with E-state index in [1.807, 2.05) is 12.1 Å². The summed E-state index contributed by atoms with van der Waals surface area (Å²) in [5.41, 5.74) is 2.93. The average molecular weight is 388 g/mol. The summed E-state index contributed by atoms with van der Waals surface area (Å²) in [7, 11) is -3.73. The molecular weight excluding hydrogens is 368 g/mol. The lowest BCUT2D eigenvalue weighted by Gasteiger charge is -2.14. The third-order valence-electron chi connectivity index (χ3n) is 4.14. The molecule has 2 atom stereocenters. The molecule has 8 nitrogen and oxygen atoms in total. The van der Waals surface area contributed by atoms with E-state index in [0.29, 0.717) is 17.8 Å². The lowest BCUT2D eigenvalue weighted by molar-refractivity contribution is 0.0305. The molecule has 0 bridgehead atoms. The third kappa shape index (κ3) is 4.58. The van der Waals surface area contributed by atoms with Gasteiger partial charge in [-0.25, -0.2) is 18.2 Å². The van der Waals surface area contributed by atoms with Crippen LogP contribution in [0.15, 0.2) is 59.6 Å². The Morgan fingerprint density at radius 1 is 1.07 bits per heavy atom. The number of nitrogens with two attached hydrogens (primary N) is 1. The predicted octanol–water partition coefficient (Wildman–Crippen LogP) is 1.06. The zero-order chi connectivity index (χ0) is 19.6. The molecule has 0 fully saturated rings. The zero-order valence-electron chi connectivity index (χ0n) is 14.6. The number of benzene rings is 2. The zero-order valence-corrected chi connectivity index (χ0v) is 15.4. The molecule has 0 radical (unpaired) electrons. The Hall–Kier alpha value is -2.59. The first-order valence-corrected chi connectivity index (χ1v) is 9.77. The van der Waals surface area contributed by atoms with Crippen LogP contribution in [0.1, 0.15) is 24.2 Å². The molecule has 142 valence electrons. The number of primary sulfonamides is 1. The second-order valence-corrected chi connectivity index (χ2v) is 7.86. The first-order chi connectivity index (χ1) is 12.7. The van der Waals surface area contributed by atoms with Crippen LogP contribution >= 0.6 is 0 Å². The van der Waals surface area contributed by atoms with Gasteiger partial charge in [0.25, 0.3) is 0 Å². The standard InChI is InChI=1S/C18H20N4O4S/c1-12(23)18(24)15-4-2-13(3-5-15)10-22-11-17(20-21-22)14-6-8-16(9-7-14)27(19,25)26/h2-9,11-12,18,23-24H,10H2,1H3,(H2,19,25,26)/t12-,18-/m1/s1. The Bertz CT molecular complexity index is 1010. The number of rotatable bonds is 6. The number of aliphatic hydroxyl groups is 2. The fourth-order valence-electron chi connectivity index (χ4n) is 2.61. The Morgan fingerprint density at radius 2 is 1.70 bits per heavy atom. The molecular formula is C18H20N4O4S. The van der Waals surface area contributed by atoms with E-state index in [-0.39, 0.29) is 4.90 Å². The first kappa shape index (κ1) is 19.2. The highest BCUT2D eigenvalue weighted by Gasteiger charge is 2.13. The number of aromatic nitrogens is 3. The summed E-state index contributed by atoms with van der Waals surface area (Å²) in [4.78, 5) is 0.0399. The summed E-state index contributed by atoms with van der Waals surface area (Å²) >= 11 is 0. The van der Waals surface area contributed by atoms with E-state index < -0.39 is 22.2 Å². The smallest absolute Gasteiger partial charge is 0.238 e. The maximum Gasteiger partial charge on any atom is 0.238 e. The van der Waals surface area contributed by atoms with Crippen LogP contribution < -0.4 is 5.14 Å². The molecule has 0 amide bonds. The van der Waals surface area contributed by atoms with Gasteiger partial charge in [-0.15, -0.1) is 5.10 Å². The molecule has 3 rings (SSSR count). The molecule has 0 aliphatic heterocycles. The van der Waals surface area contributed by atoms with Gasteiger partial charge < -0.3 is 10.2 Å². The molecule has 27 heavy (non-hydrogen) atoms. The fourth-order valence-corrected chi connectivity index (χ4v) is 3.12. The average Bonchev–Trinajstić information content (AvgIpc) is 3.09. The van der Waals surface area contributed by atoms with Crippen molar-refractivity contribution in [1.29, 1.82) is 0 Å². The highest BCUT2D eigenvalue weighted by molar-refractivity contribution is 7.89. The molecule has 2 aromatic carbocycles. The first-order valence-electron chi connectivity index (χ1n) is 8.22. The van der Waals surface area contributed by atoms with Gasteiger partial charge in [-0.1, -0.05) is 41.6 Å². The Balaban J connectivity index is 1.73. The minimum Gasteiger partial charge on any atom is -0.390 e. The summed E-state index contributed by atoms with van der Waals surface area (Å²) in [6.45, 7) is 2.01. The van der Waals surface area contributed by atoms with Gasteiger partial charge in [0.2, 0.25) is 10.0 Å². The summed E-state index contributed by atoms with van der Waals surface area (Å²) in [6, 6.07) is 13.3. The van der Waals surface area contributed by atoms with E-state index in [2.05, 4.69) is 10.3 Å². The Morgan fingerprint density at radius 3 is 2.26 bits per heavy atom. The number of hydrogen-bond acceptors (Lipinski definition) is 6. The molecule has 0 saturated heterocycles. The summed E-state index contributed by atoms with van der Waals surface area (Å²) in [5, 5.41) is 32.6. The highest BCUT2D eigenvalue weighted by Crippen LogP contribution is 2.20. The van der Waals surface area contributed by atoms with E-state index in [9.17, 15) is 18.6 Å². The van der Waals surface area contributed by atoms with Gasteiger partial charge in [0.15, 0.2) is 0 Å². The second kappa shape index (κ2) is 7.57. The van der Waals surface area contributed by atoms with Crippen LogP contribution in [0.5, 0.6) is 0 Å². The Kier molecular flexibility index (Phi) is 5.38. The third-order valence-corrected chi connectivity index (χ3v) is 5.07. The minimum atomic E-state index is -3.73. The maximum absolute atomic E-state index is 11.3. The van der Waals surface area contributed by atoms with Gasteiger partial charge in [0, 0.05) is 5.56 Å². The van der Waals surface area contributed by atoms with Crippen molar-refractivity contribution >= 4 is 10.0 Å². The fraction of sp³-hybridized carbons (Fsp3) is 0.222. The molecule has 1 aromatic heterocycles. The van der Waals surface area contributed by atoms with Crippen LogP contribution in [0, 0.1) is 0 Å². The van der Waals surface area contributed by atoms with E-state index in [4.69, 9.17) is 5.14 Å². The molecule has 0 spiro atoms. The molecule has 1 heterocycles. The van der Waals surface area contributed by atoms with E-state index >= 15 is 0 Å². The summed E-state index contributed by atoms with van der Waals surface area (Å²) in [6.07, 6.45) is -0.00321. The van der Waals surface area contributed by atoms with E-state index in [0.717, 1.165) is 11.1 Å². The molecule has 0 aliphatic rings. The lowest BCUT2D eigenvalue weighted by Crippen LogP contribution is -2.13. The predicted molar refractivity (Wildman–Crippen MR) is 99.0 cm³/mol. The van der Waals surface area contributed by atoms with Crippen LogP contribution in [-0.2, 0) is 16.6 Å². The summed E-state index contributed by atoms with van der Waals surface area (Å²) < 4.78 is 24.3.